The fraction of sp³-hybridized carbons (Fsp3) is 0.846. The molecule has 1 atom stereocenters. The van der Waals surface area contributed by atoms with Crippen LogP contribution in [0.25, 0.3) is 0 Å². The average molecular weight is 240 g/mol. The highest BCUT2D eigenvalue weighted by Crippen LogP contribution is 2.16. The first-order valence-corrected chi connectivity index (χ1v) is 6.57. The fourth-order valence-corrected chi connectivity index (χ4v) is 2.08. The van der Waals surface area contributed by atoms with Gasteiger partial charge in [0.05, 0.1) is 12.6 Å². The van der Waals surface area contributed by atoms with E-state index in [-0.39, 0.29) is 0 Å². The molecule has 1 N–H and O–H groups in total. The molecule has 1 aliphatic heterocycles. The minimum absolute atomic E-state index is 0.618. The molecule has 1 aliphatic rings. The Morgan fingerprint density at radius 2 is 2.18 bits per heavy atom. The molecule has 0 aliphatic carbocycles. The van der Waals surface area contributed by atoms with E-state index >= 15 is 0 Å². The zero-order valence-electron chi connectivity index (χ0n) is 11.4. The predicted molar refractivity (Wildman–Crippen MR) is 71.7 cm³/mol. The Kier molecular flexibility index (Phi) is 5.62. The van der Waals surface area contributed by atoms with Crippen molar-refractivity contribution in [1.82, 2.24) is 4.90 Å². The van der Waals surface area contributed by atoms with Gasteiger partial charge in [0.2, 0.25) is 6.34 Å². The summed E-state index contributed by atoms with van der Waals surface area (Å²) in [5.74, 6) is 0. The number of unbranched alkanes of at least 4 members (excludes halogenated alkanes) is 3. The van der Waals surface area contributed by atoms with Crippen LogP contribution in [0.5, 0.6) is 0 Å². The third kappa shape index (κ3) is 5.82. The monoisotopic (exact) mass is 240 g/mol. The standard InChI is InChI=1S/C13H26N3O/c1-4-5-6-7-8-13(2,17)9-16-11-14-10-15(3)12-16/h11-12,17H,4-10H2,1-3H3/q+1. The first kappa shape index (κ1) is 14.2. The van der Waals surface area contributed by atoms with Crippen molar-refractivity contribution in [2.24, 2.45) is 4.99 Å². The SMILES string of the molecule is CCCCCCC(C)(O)CN1C=NC[N+](C)=C1. The van der Waals surface area contributed by atoms with Gasteiger partial charge >= 0.3 is 0 Å². The summed E-state index contributed by atoms with van der Waals surface area (Å²) in [6.07, 6.45) is 9.46. The van der Waals surface area contributed by atoms with Gasteiger partial charge in [-0.15, -0.1) is 0 Å². The lowest BCUT2D eigenvalue weighted by Gasteiger charge is -2.25. The van der Waals surface area contributed by atoms with E-state index in [9.17, 15) is 5.11 Å². The maximum atomic E-state index is 10.3. The Bertz CT molecular complexity index is 284. The summed E-state index contributed by atoms with van der Waals surface area (Å²) in [6.45, 7) is 5.43. The highest BCUT2D eigenvalue weighted by atomic mass is 16.3. The molecule has 1 unspecified atom stereocenters. The normalized spacial score (nSPS) is 19.1. The minimum Gasteiger partial charge on any atom is -0.386 e. The van der Waals surface area contributed by atoms with E-state index < -0.39 is 5.60 Å². The summed E-state index contributed by atoms with van der Waals surface area (Å²) in [5.41, 5.74) is -0.631. The number of hydrogen-bond acceptors (Lipinski definition) is 3. The van der Waals surface area contributed by atoms with E-state index in [1.807, 2.05) is 29.8 Å². The van der Waals surface area contributed by atoms with Crippen LogP contribution in [0, 0.1) is 0 Å². The molecule has 1 heterocycles. The van der Waals surface area contributed by atoms with Gasteiger partial charge < -0.3 is 5.11 Å². The van der Waals surface area contributed by atoms with E-state index in [4.69, 9.17) is 0 Å². The average Bonchev–Trinajstić information content (AvgIpc) is 2.24. The van der Waals surface area contributed by atoms with Gasteiger partial charge in [0.1, 0.15) is 6.54 Å². The van der Waals surface area contributed by atoms with Gasteiger partial charge in [-0.2, -0.15) is 0 Å². The van der Waals surface area contributed by atoms with Gasteiger partial charge in [-0.25, -0.2) is 9.89 Å². The Hall–Kier alpha value is -0.900. The van der Waals surface area contributed by atoms with E-state index in [2.05, 4.69) is 11.9 Å². The number of hydrogen-bond donors (Lipinski definition) is 1. The molecule has 17 heavy (non-hydrogen) atoms. The number of rotatable bonds is 7. The molecule has 4 nitrogen and oxygen atoms in total. The second-order valence-electron chi connectivity index (χ2n) is 5.29. The summed E-state index contributed by atoms with van der Waals surface area (Å²) >= 11 is 0. The van der Waals surface area contributed by atoms with Crippen molar-refractivity contribution >= 4 is 12.7 Å². The van der Waals surface area contributed by atoms with Crippen molar-refractivity contribution in [2.45, 2.75) is 51.6 Å². The zero-order valence-corrected chi connectivity index (χ0v) is 11.4. The van der Waals surface area contributed by atoms with Crippen LogP contribution in [0.4, 0.5) is 0 Å². The van der Waals surface area contributed by atoms with E-state index in [0.29, 0.717) is 13.2 Å². The molecule has 0 bridgehead atoms. The molecule has 0 amide bonds. The Morgan fingerprint density at radius 1 is 1.41 bits per heavy atom. The lowest BCUT2D eigenvalue weighted by Crippen LogP contribution is -2.42. The summed E-state index contributed by atoms with van der Waals surface area (Å²) in [5, 5.41) is 10.3. The van der Waals surface area contributed by atoms with Crippen LogP contribution in [0.15, 0.2) is 4.99 Å². The molecule has 1 rings (SSSR count). The third-order valence-corrected chi connectivity index (χ3v) is 2.97. The molecule has 0 aromatic carbocycles. The van der Waals surface area contributed by atoms with Crippen molar-refractivity contribution in [3.05, 3.63) is 0 Å². The smallest absolute Gasteiger partial charge is 0.241 e. The number of aliphatic hydroxyl groups is 1. The maximum absolute atomic E-state index is 10.3. The summed E-state index contributed by atoms with van der Waals surface area (Å²) < 4.78 is 2.01. The Labute approximate surface area is 105 Å². The molecular weight excluding hydrogens is 214 g/mol. The van der Waals surface area contributed by atoms with Crippen LogP contribution in [0.3, 0.4) is 0 Å². The van der Waals surface area contributed by atoms with E-state index in [1.165, 1.54) is 19.3 Å². The van der Waals surface area contributed by atoms with E-state index in [1.54, 1.807) is 6.34 Å². The molecule has 0 spiro atoms. The van der Waals surface area contributed by atoms with Gasteiger partial charge in [0.25, 0.3) is 0 Å². The van der Waals surface area contributed by atoms with Crippen LogP contribution in [0.2, 0.25) is 0 Å². The van der Waals surface area contributed by atoms with Crippen molar-refractivity contribution in [2.75, 3.05) is 20.3 Å². The quantitative estimate of drug-likeness (QED) is 0.543. The van der Waals surface area contributed by atoms with Crippen molar-refractivity contribution in [1.29, 1.82) is 0 Å². The summed E-state index contributed by atoms with van der Waals surface area (Å²) in [4.78, 5) is 6.18. The number of β-amino-alcohol motifs (C(OH)–C–C–N with tert-alkyl or cyclic N) is 1. The van der Waals surface area contributed by atoms with Crippen LogP contribution in [0.1, 0.15) is 46.0 Å². The predicted octanol–water partition coefficient (Wildman–Crippen LogP) is 1.68. The van der Waals surface area contributed by atoms with Gasteiger partial charge in [0, 0.05) is 0 Å². The molecular formula is C13H26N3O+. The molecule has 0 saturated carbocycles. The second-order valence-corrected chi connectivity index (χ2v) is 5.29. The second kappa shape index (κ2) is 6.74. The lowest BCUT2D eigenvalue weighted by molar-refractivity contribution is -0.496. The third-order valence-electron chi connectivity index (χ3n) is 2.97. The molecule has 0 aromatic rings. The van der Waals surface area contributed by atoms with Crippen molar-refractivity contribution in [3.63, 3.8) is 0 Å². The van der Waals surface area contributed by atoms with Gasteiger partial charge in [-0.1, -0.05) is 32.6 Å². The molecule has 0 radical (unpaired) electrons. The van der Waals surface area contributed by atoms with Gasteiger partial charge in [-0.05, 0) is 13.3 Å². The number of aliphatic imine (C=N–C) groups is 1. The maximum Gasteiger partial charge on any atom is 0.241 e. The first-order valence-electron chi connectivity index (χ1n) is 6.57. The molecule has 4 heteroatoms. The molecule has 0 saturated heterocycles. The summed E-state index contributed by atoms with van der Waals surface area (Å²) in [6, 6.07) is 0. The topological polar surface area (TPSA) is 38.8 Å². The van der Waals surface area contributed by atoms with Crippen LogP contribution in [-0.4, -0.2) is 53.1 Å². The van der Waals surface area contributed by atoms with Crippen molar-refractivity contribution in [3.8, 4) is 0 Å². The molecule has 0 aromatic heterocycles. The van der Waals surface area contributed by atoms with Crippen LogP contribution < -0.4 is 0 Å². The number of nitrogens with zero attached hydrogens (tertiary/aromatic N) is 3. The van der Waals surface area contributed by atoms with Crippen LogP contribution in [-0.2, 0) is 0 Å². The molecule has 98 valence electrons. The highest BCUT2D eigenvalue weighted by molar-refractivity contribution is 5.73. The molecule has 0 fully saturated rings. The minimum atomic E-state index is -0.631. The highest BCUT2D eigenvalue weighted by Gasteiger charge is 2.26. The first-order chi connectivity index (χ1) is 8.03. The van der Waals surface area contributed by atoms with Crippen molar-refractivity contribution < 1.29 is 9.68 Å². The van der Waals surface area contributed by atoms with E-state index in [0.717, 1.165) is 12.8 Å². The lowest BCUT2D eigenvalue weighted by atomic mass is 9.97. The van der Waals surface area contributed by atoms with Gasteiger partial charge in [0.15, 0.2) is 13.0 Å². The Balaban J connectivity index is 2.32. The zero-order chi connectivity index (χ0) is 12.7. The van der Waals surface area contributed by atoms with Crippen LogP contribution >= 0.6 is 0 Å². The summed E-state index contributed by atoms with van der Waals surface area (Å²) in [7, 11) is 1.99. The van der Waals surface area contributed by atoms with Gasteiger partial charge in [-0.3, -0.25) is 4.58 Å². The fourth-order valence-electron chi connectivity index (χ4n) is 2.08. The largest absolute Gasteiger partial charge is 0.386 e. The Morgan fingerprint density at radius 3 is 2.82 bits per heavy atom.